The van der Waals surface area contributed by atoms with Gasteiger partial charge in [-0.05, 0) is 68.0 Å². The maximum atomic E-state index is 12.5. The van der Waals surface area contributed by atoms with E-state index in [-0.39, 0.29) is 0 Å². The molecule has 0 aliphatic carbocycles. The normalized spacial score (nSPS) is 11.5. The second-order valence-corrected chi connectivity index (χ2v) is 7.54. The van der Waals surface area contributed by atoms with E-state index in [9.17, 15) is 8.42 Å². The summed E-state index contributed by atoms with van der Waals surface area (Å²) in [4.78, 5) is 4.39. The van der Waals surface area contributed by atoms with Crippen molar-refractivity contribution < 1.29 is 13.2 Å². The van der Waals surface area contributed by atoms with Crippen LogP contribution in [0.5, 0.6) is 5.75 Å². The third-order valence-corrected chi connectivity index (χ3v) is 5.49. The molecule has 0 saturated heterocycles. The summed E-state index contributed by atoms with van der Waals surface area (Å²) in [6, 6.07) is 7.35. The lowest BCUT2D eigenvalue weighted by molar-refractivity contribution is 0.411. The van der Waals surface area contributed by atoms with Gasteiger partial charge in [-0.3, -0.25) is 4.98 Å². The van der Waals surface area contributed by atoms with E-state index < -0.39 is 10.0 Å². The molecule has 0 atom stereocenters. The molecule has 6 heteroatoms. The van der Waals surface area contributed by atoms with Crippen molar-refractivity contribution >= 4 is 10.0 Å². The molecule has 130 valence electrons. The molecule has 0 saturated carbocycles. The van der Waals surface area contributed by atoms with E-state index in [1.807, 2.05) is 25.3 Å². The number of nitrogens with zero attached hydrogens (tertiary/aromatic N) is 1. The van der Waals surface area contributed by atoms with Gasteiger partial charge in [0.1, 0.15) is 5.75 Å². The van der Waals surface area contributed by atoms with Gasteiger partial charge < -0.3 is 4.74 Å². The summed E-state index contributed by atoms with van der Waals surface area (Å²) in [6.45, 7) is 4.04. The van der Waals surface area contributed by atoms with Crippen molar-refractivity contribution in [2.75, 3.05) is 13.7 Å². The number of unbranched alkanes of at least 4 members (excludes halogenated alkanes) is 1. The number of nitrogens with one attached hydrogen (secondary N) is 1. The Bertz CT molecular complexity index is 774. The Labute approximate surface area is 144 Å². The van der Waals surface area contributed by atoms with Crippen LogP contribution in [0.25, 0.3) is 0 Å². The lowest BCUT2D eigenvalue weighted by atomic mass is 10.1. The van der Waals surface area contributed by atoms with Crippen molar-refractivity contribution in [2.24, 2.45) is 0 Å². The maximum Gasteiger partial charge on any atom is 0.240 e. The number of hydrogen-bond donors (Lipinski definition) is 1. The molecular weight excluding hydrogens is 324 g/mol. The summed E-state index contributed by atoms with van der Waals surface area (Å²) < 4.78 is 32.9. The molecule has 0 bridgehead atoms. The number of aromatic nitrogens is 1. The van der Waals surface area contributed by atoms with Gasteiger partial charge in [0.25, 0.3) is 0 Å². The zero-order chi connectivity index (χ0) is 17.6. The Balaban J connectivity index is 1.91. The molecule has 0 fully saturated rings. The zero-order valence-electron chi connectivity index (χ0n) is 14.4. The molecule has 0 spiro atoms. The summed E-state index contributed by atoms with van der Waals surface area (Å²) in [5.41, 5.74) is 2.65. The fourth-order valence-electron chi connectivity index (χ4n) is 2.56. The van der Waals surface area contributed by atoms with Crippen LogP contribution in [0.15, 0.2) is 41.6 Å². The molecule has 0 radical (unpaired) electrons. The van der Waals surface area contributed by atoms with Crippen LogP contribution in [-0.2, 0) is 16.4 Å². The largest absolute Gasteiger partial charge is 0.496 e. The van der Waals surface area contributed by atoms with E-state index in [4.69, 9.17) is 4.74 Å². The summed E-state index contributed by atoms with van der Waals surface area (Å²) in [7, 11) is -1.92. The lowest BCUT2D eigenvalue weighted by Gasteiger charge is -2.12. The first-order valence-corrected chi connectivity index (χ1v) is 9.46. The molecule has 1 N–H and O–H groups in total. The first-order chi connectivity index (χ1) is 11.4. The number of rotatable bonds is 8. The Morgan fingerprint density at radius 1 is 1.17 bits per heavy atom. The molecule has 0 aliphatic rings. The van der Waals surface area contributed by atoms with Crippen molar-refractivity contribution in [1.29, 1.82) is 0 Å². The molecular formula is C18H24N2O3S. The highest BCUT2D eigenvalue weighted by atomic mass is 32.2. The minimum Gasteiger partial charge on any atom is -0.496 e. The van der Waals surface area contributed by atoms with E-state index in [1.165, 1.54) is 5.56 Å². The average molecular weight is 348 g/mol. The van der Waals surface area contributed by atoms with E-state index >= 15 is 0 Å². The number of methoxy groups -OCH3 is 1. The Kier molecular flexibility index (Phi) is 6.34. The first kappa shape index (κ1) is 18.4. The summed E-state index contributed by atoms with van der Waals surface area (Å²) >= 11 is 0. The zero-order valence-corrected chi connectivity index (χ0v) is 15.2. The average Bonchev–Trinajstić information content (AvgIpc) is 2.57. The molecule has 1 heterocycles. The van der Waals surface area contributed by atoms with Gasteiger partial charge in [-0.15, -0.1) is 0 Å². The van der Waals surface area contributed by atoms with Crippen molar-refractivity contribution in [3.8, 4) is 5.75 Å². The highest BCUT2D eigenvalue weighted by Gasteiger charge is 2.18. The highest BCUT2D eigenvalue weighted by Crippen LogP contribution is 2.25. The van der Waals surface area contributed by atoms with E-state index in [0.717, 1.165) is 24.8 Å². The van der Waals surface area contributed by atoms with Crippen LogP contribution in [0.3, 0.4) is 0 Å². The second-order valence-electron chi connectivity index (χ2n) is 5.80. The van der Waals surface area contributed by atoms with Crippen LogP contribution < -0.4 is 9.46 Å². The van der Waals surface area contributed by atoms with Crippen LogP contribution in [0.2, 0.25) is 0 Å². The number of pyridine rings is 1. The highest BCUT2D eigenvalue weighted by molar-refractivity contribution is 7.89. The van der Waals surface area contributed by atoms with E-state index in [0.29, 0.717) is 22.8 Å². The molecule has 1 aromatic carbocycles. The van der Waals surface area contributed by atoms with E-state index in [2.05, 4.69) is 9.71 Å². The molecule has 0 amide bonds. The fourth-order valence-corrected chi connectivity index (χ4v) is 3.94. The van der Waals surface area contributed by atoms with Crippen LogP contribution >= 0.6 is 0 Å². The van der Waals surface area contributed by atoms with Crippen LogP contribution in [0.1, 0.15) is 29.5 Å². The monoisotopic (exact) mass is 348 g/mol. The van der Waals surface area contributed by atoms with Gasteiger partial charge in [0, 0.05) is 18.9 Å². The van der Waals surface area contributed by atoms with E-state index in [1.54, 1.807) is 32.4 Å². The standard InChI is InChI=1S/C18H24N2O3S/c1-14-12-18(15(2)11-17(14)23-3)24(21,22)20-10-5-4-7-16-8-6-9-19-13-16/h6,8-9,11-13,20H,4-5,7,10H2,1-3H3. The third-order valence-electron chi connectivity index (χ3n) is 3.89. The summed E-state index contributed by atoms with van der Waals surface area (Å²) in [6.07, 6.45) is 6.18. The van der Waals surface area contributed by atoms with Gasteiger partial charge in [-0.25, -0.2) is 13.1 Å². The summed E-state index contributed by atoms with van der Waals surface area (Å²) in [5.74, 6) is 0.697. The second kappa shape index (κ2) is 8.26. The van der Waals surface area contributed by atoms with Gasteiger partial charge in [0.2, 0.25) is 10.0 Å². The molecule has 0 aliphatic heterocycles. The lowest BCUT2D eigenvalue weighted by Crippen LogP contribution is -2.25. The molecule has 2 rings (SSSR count). The maximum absolute atomic E-state index is 12.5. The van der Waals surface area contributed by atoms with Gasteiger partial charge in [-0.1, -0.05) is 6.07 Å². The SMILES string of the molecule is COc1cc(C)c(S(=O)(=O)NCCCCc2cccnc2)cc1C. The Morgan fingerprint density at radius 2 is 1.96 bits per heavy atom. The smallest absolute Gasteiger partial charge is 0.240 e. The van der Waals surface area contributed by atoms with Gasteiger partial charge in [-0.2, -0.15) is 0 Å². The van der Waals surface area contributed by atoms with Gasteiger partial charge in [0.05, 0.1) is 12.0 Å². The van der Waals surface area contributed by atoms with Crippen molar-refractivity contribution in [1.82, 2.24) is 9.71 Å². The number of benzene rings is 1. The Hall–Kier alpha value is -1.92. The molecule has 24 heavy (non-hydrogen) atoms. The number of aryl methyl sites for hydroxylation is 3. The van der Waals surface area contributed by atoms with Gasteiger partial charge >= 0.3 is 0 Å². The van der Waals surface area contributed by atoms with Crippen LogP contribution in [0.4, 0.5) is 0 Å². The molecule has 5 nitrogen and oxygen atoms in total. The van der Waals surface area contributed by atoms with Gasteiger partial charge in [0.15, 0.2) is 0 Å². The predicted molar refractivity (Wildman–Crippen MR) is 94.8 cm³/mol. The minimum atomic E-state index is -3.50. The minimum absolute atomic E-state index is 0.313. The van der Waals surface area contributed by atoms with Crippen molar-refractivity contribution in [2.45, 2.75) is 38.0 Å². The van der Waals surface area contributed by atoms with Crippen molar-refractivity contribution in [3.05, 3.63) is 53.3 Å². The van der Waals surface area contributed by atoms with Crippen LogP contribution in [-0.4, -0.2) is 27.1 Å². The third kappa shape index (κ3) is 4.79. The van der Waals surface area contributed by atoms with Crippen molar-refractivity contribution in [3.63, 3.8) is 0 Å². The number of ether oxygens (including phenoxy) is 1. The summed E-state index contributed by atoms with van der Waals surface area (Å²) in [5, 5.41) is 0. The quantitative estimate of drug-likeness (QED) is 0.745. The number of hydrogen-bond acceptors (Lipinski definition) is 4. The Morgan fingerprint density at radius 3 is 2.62 bits per heavy atom. The first-order valence-electron chi connectivity index (χ1n) is 7.98. The fraction of sp³-hybridized carbons (Fsp3) is 0.389. The molecule has 1 aromatic heterocycles. The van der Waals surface area contributed by atoms with Crippen LogP contribution in [0, 0.1) is 13.8 Å². The molecule has 2 aromatic rings. The molecule has 0 unspecified atom stereocenters. The number of sulfonamides is 1. The topological polar surface area (TPSA) is 68.3 Å². The predicted octanol–water partition coefficient (Wildman–Crippen LogP) is 3.01.